The minimum Gasteiger partial charge on any atom is -0.313 e. The molecule has 0 bridgehead atoms. The van der Waals surface area contributed by atoms with Crippen LogP contribution >= 0.6 is 0 Å². The van der Waals surface area contributed by atoms with Gasteiger partial charge >= 0.3 is 0 Å². The maximum atomic E-state index is 7.92. The van der Waals surface area contributed by atoms with Crippen molar-refractivity contribution in [2.75, 3.05) is 6.54 Å². The summed E-state index contributed by atoms with van der Waals surface area (Å²) in [6.45, 7) is 6.09. The summed E-state index contributed by atoms with van der Waals surface area (Å²) in [4.78, 5) is 0. The third-order valence-electron chi connectivity index (χ3n) is 3.57. The first-order valence-electron chi connectivity index (χ1n) is 7.86. The lowest BCUT2D eigenvalue weighted by Crippen LogP contribution is -2.13. The van der Waals surface area contributed by atoms with Gasteiger partial charge in [0.05, 0.1) is 5.71 Å². The molecule has 0 atom stereocenters. The summed E-state index contributed by atoms with van der Waals surface area (Å²) in [7, 11) is 0. The van der Waals surface area contributed by atoms with E-state index < -0.39 is 0 Å². The van der Waals surface area contributed by atoms with Crippen molar-refractivity contribution in [3.63, 3.8) is 0 Å². The largest absolute Gasteiger partial charge is 0.313 e. The molecule has 0 aromatic heterocycles. The number of hydrogen-bond acceptors (Lipinski definition) is 2. The fraction of sp³-hybridized carbons (Fsp3) is 0.250. The van der Waals surface area contributed by atoms with Crippen molar-refractivity contribution < 1.29 is 0 Å². The summed E-state index contributed by atoms with van der Waals surface area (Å²) in [5.41, 5.74) is 5.20. The maximum Gasteiger partial charge on any atom is 0.0608 e. The Morgan fingerprint density at radius 3 is 2.14 bits per heavy atom. The smallest absolute Gasteiger partial charge is 0.0608 e. The fourth-order valence-corrected chi connectivity index (χ4v) is 2.33. The lowest BCUT2D eigenvalue weighted by atomic mass is 10.0. The van der Waals surface area contributed by atoms with Crippen molar-refractivity contribution in [2.24, 2.45) is 0 Å². The summed E-state index contributed by atoms with van der Waals surface area (Å²) in [6.07, 6.45) is 4.86. The fourth-order valence-electron chi connectivity index (χ4n) is 2.33. The molecule has 0 radical (unpaired) electrons. The van der Waals surface area contributed by atoms with Crippen LogP contribution in [0.2, 0.25) is 0 Å². The molecule has 2 aromatic carbocycles. The molecule has 0 heterocycles. The average Bonchev–Trinajstić information content (AvgIpc) is 2.56. The van der Waals surface area contributed by atoms with Crippen LogP contribution in [0.15, 0.2) is 60.7 Å². The predicted molar refractivity (Wildman–Crippen MR) is 95.5 cm³/mol. The molecule has 0 fully saturated rings. The molecule has 2 nitrogen and oxygen atoms in total. The zero-order chi connectivity index (χ0) is 15.8. The van der Waals surface area contributed by atoms with Crippen LogP contribution in [-0.4, -0.2) is 12.3 Å². The molecule has 2 N–H and O–H groups in total. The van der Waals surface area contributed by atoms with E-state index in [2.05, 4.69) is 48.6 Å². The zero-order valence-corrected chi connectivity index (χ0v) is 13.4. The molecule has 0 unspecified atom stereocenters. The van der Waals surface area contributed by atoms with Crippen LogP contribution in [0.1, 0.15) is 31.4 Å². The SMILES string of the molecule is CC=CC(=N)c1ccc(-c2ccc(CNCCC)cc2)cc1. The zero-order valence-electron chi connectivity index (χ0n) is 13.4. The van der Waals surface area contributed by atoms with Crippen LogP contribution in [-0.2, 0) is 6.54 Å². The summed E-state index contributed by atoms with van der Waals surface area (Å²) in [6, 6.07) is 16.9. The van der Waals surface area contributed by atoms with Crippen molar-refractivity contribution in [1.82, 2.24) is 5.32 Å². The van der Waals surface area contributed by atoms with E-state index in [-0.39, 0.29) is 0 Å². The molecule has 2 aromatic rings. The van der Waals surface area contributed by atoms with E-state index in [4.69, 9.17) is 5.41 Å². The van der Waals surface area contributed by atoms with Gasteiger partial charge in [0.1, 0.15) is 0 Å². The summed E-state index contributed by atoms with van der Waals surface area (Å²) < 4.78 is 0. The first-order valence-corrected chi connectivity index (χ1v) is 7.86. The Morgan fingerprint density at radius 1 is 1.00 bits per heavy atom. The Hall–Kier alpha value is -2.19. The Kier molecular flexibility index (Phi) is 6.11. The second-order valence-corrected chi connectivity index (χ2v) is 5.36. The topological polar surface area (TPSA) is 35.9 Å². The molecule has 0 aliphatic carbocycles. The quantitative estimate of drug-likeness (QED) is 0.558. The van der Waals surface area contributed by atoms with Gasteiger partial charge in [-0.2, -0.15) is 0 Å². The number of nitrogens with one attached hydrogen (secondary N) is 2. The van der Waals surface area contributed by atoms with Crippen molar-refractivity contribution in [3.05, 3.63) is 71.8 Å². The van der Waals surface area contributed by atoms with Gasteiger partial charge in [-0.25, -0.2) is 0 Å². The Labute approximate surface area is 133 Å². The summed E-state index contributed by atoms with van der Waals surface area (Å²) in [5.74, 6) is 0. The average molecular weight is 292 g/mol. The van der Waals surface area contributed by atoms with Gasteiger partial charge in [0.2, 0.25) is 0 Å². The highest BCUT2D eigenvalue weighted by molar-refractivity contribution is 6.06. The van der Waals surface area contributed by atoms with Crippen molar-refractivity contribution >= 4 is 5.71 Å². The lowest BCUT2D eigenvalue weighted by molar-refractivity contribution is 0.675. The number of benzene rings is 2. The maximum absolute atomic E-state index is 7.92. The number of hydrogen-bond donors (Lipinski definition) is 2. The highest BCUT2D eigenvalue weighted by atomic mass is 14.8. The third-order valence-corrected chi connectivity index (χ3v) is 3.57. The third kappa shape index (κ3) is 4.40. The van der Waals surface area contributed by atoms with Crippen LogP contribution in [0.4, 0.5) is 0 Å². The van der Waals surface area contributed by atoms with Crippen molar-refractivity contribution in [2.45, 2.75) is 26.8 Å². The van der Waals surface area contributed by atoms with Crippen LogP contribution in [0.5, 0.6) is 0 Å². The molecule has 2 heteroatoms. The molecule has 0 spiro atoms. The normalized spacial score (nSPS) is 11.0. The van der Waals surface area contributed by atoms with Gasteiger partial charge in [-0.15, -0.1) is 0 Å². The highest BCUT2D eigenvalue weighted by Crippen LogP contribution is 2.20. The molecule has 22 heavy (non-hydrogen) atoms. The second kappa shape index (κ2) is 8.30. The number of rotatable bonds is 7. The van der Waals surface area contributed by atoms with E-state index in [1.54, 1.807) is 0 Å². The summed E-state index contributed by atoms with van der Waals surface area (Å²) >= 11 is 0. The molecule has 2 rings (SSSR count). The molecule has 0 aliphatic rings. The highest BCUT2D eigenvalue weighted by Gasteiger charge is 2.01. The van der Waals surface area contributed by atoms with Gasteiger partial charge in [0.25, 0.3) is 0 Å². The van der Waals surface area contributed by atoms with Crippen LogP contribution < -0.4 is 5.32 Å². The molecular formula is C20H24N2. The Bertz CT molecular complexity index is 622. The molecule has 0 saturated heterocycles. The van der Waals surface area contributed by atoms with Gasteiger partial charge in [-0.05, 0) is 48.2 Å². The Morgan fingerprint density at radius 2 is 1.59 bits per heavy atom. The van der Waals surface area contributed by atoms with E-state index >= 15 is 0 Å². The van der Waals surface area contributed by atoms with E-state index in [9.17, 15) is 0 Å². The van der Waals surface area contributed by atoms with Gasteiger partial charge in [-0.3, -0.25) is 0 Å². The Balaban J connectivity index is 2.06. The van der Waals surface area contributed by atoms with Crippen LogP contribution in [0.25, 0.3) is 11.1 Å². The van der Waals surface area contributed by atoms with E-state index in [0.717, 1.165) is 25.1 Å². The van der Waals surface area contributed by atoms with E-state index in [0.29, 0.717) is 5.71 Å². The number of allylic oxidation sites excluding steroid dienone is 2. The van der Waals surface area contributed by atoms with Crippen LogP contribution in [0, 0.1) is 5.41 Å². The second-order valence-electron chi connectivity index (χ2n) is 5.36. The first kappa shape index (κ1) is 16.2. The molecule has 0 amide bonds. The molecule has 0 saturated carbocycles. The summed E-state index contributed by atoms with van der Waals surface area (Å²) in [5, 5.41) is 11.3. The van der Waals surface area contributed by atoms with Gasteiger partial charge in [0, 0.05) is 6.54 Å². The van der Waals surface area contributed by atoms with Crippen LogP contribution in [0.3, 0.4) is 0 Å². The van der Waals surface area contributed by atoms with Gasteiger partial charge in [0.15, 0.2) is 0 Å². The van der Waals surface area contributed by atoms with Gasteiger partial charge in [-0.1, -0.05) is 61.5 Å². The van der Waals surface area contributed by atoms with E-state index in [1.165, 1.54) is 16.7 Å². The van der Waals surface area contributed by atoms with E-state index in [1.807, 2.05) is 31.2 Å². The standard InChI is InChI=1S/C20H24N2/c1-3-5-20(21)19-12-10-18(11-13-19)17-8-6-16(7-9-17)15-22-14-4-2/h3,5-13,21-22H,4,14-15H2,1-2H3. The molecule has 0 aliphatic heterocycles. The van der Waals surface area contributed by atoms with Gasteiger partial charge < -0.3 is 10.7 Å². The molecular weight excluding hydrogens is 268 g/mol. The minimum absolute atomic E-state index is 0.548. The predicted octanol–water partition coefficient (Wildman–Crippen LogP) is 4.80. The molecule has 114 valence electrons. The monoisotopic (exact) mass is 292 g/mol. The minimum atomic E-state index is 0.548. The van der Waals surface area contributed by atoms with Crippen molar-refractivity contribution in [3.8, 4) is 11.1 Å². The lowest BCUT2D eigenvalue weighted by Gasteiger charge is -2.07. The first-order chi connectivity index (χ1) is 10.7. The van der Waals surface area contributed by atoms with Crippen molar-refractivity contribution in [1.29, 1.82) is 5.41 Å².